The molecule has 0 aromatic heterocycles. The lowest BCUT2D eigenvalue weighted by atomic mass is 9.45. The van der Waals surface area contributed by atoms with Crippen molar-refractivity contribution in [3.05, 3.63) is 11.6 Å². The Bertz CT molecular complexity index is 518. The number of hydrogen-bond acceptors (Lipinski definition) is 1. The van der Waals surface area contributed by atoms with Gasteiger partial charge in [0.1, 0.15) is 0 Å². The number of fused-ring (bicyclic) bond motifs is 5. The molecule has 0 amide bonds. The van der Waals surface area contributed by atoms with Gasteiger partial charge in [-0.15, -0.1) is 0 Å². The van der Waals surface area contributed by atoms with E-state index in [1.165, 1.54) is 63.4 Å². The molecule has 4 rings (SSSR count). The Hall–Kier alpha value is -0.590. The summed E-state index contributed by atoms with van der Waals surface area (Å²) in [5.74, 6) is 3.90. The second-order valence-electron chi connectivity index (χ2n) is 9.27. The van der Waals surface area contributed by atoms with Gasteiger partial charge >= 0.3 is 0 Å². The molecule has 0 radical (unpaired) electrons. The summed E-state index contributed by atoms with van der Waals surface area (Å²) in [5, 5.41) is 0. The third-order valence-corrected chi connectivity index (χ3v) is 8.54. The van der Waals surface area contributed by atoms with Crippen molar-refractivity contribution in [3.8, 4) is 0 Å². The van der Waals surface area contributed by atoms with E-state index in [9.17, 15) is 4.79 Å². The van der Waals surface area contributed by atoms with Crippen LogP contribution < -0.4 is 0 Å². The molecule has 0 aromatic carbocycles. The molecule has 122 valence electrons. The maximum Gasteiger partial charge on any atom is 0.156 e. The minimum atomic E-state index is 0.199. The van der Waals surface area contributed by atoms with Crippen molar-refractivity contribution in [2.24, 2.45) is 34.5 Å². The summed E-state index contributed by atoms with van der Waals surface area (Å²) in [7, 11) is 0. The van der Waals surface area contributed by atoms with E-state index in [4.69, 9.17) is 0 Å². The molecule has 0 bridgehead atoms. The fourth-order valence-electron chi connectivity index (χ4n) is 7.41. The lowest BCUT2D eigenvalue weighted by Gasteiger charge is -2.60. The predicted octanol–water partition coefficient (Wildman–Crippen LogP) is 5.54. The zero-order valence-corrected chi connectivity index (χ0v) is 14.7. The van der Waals surface area contributed by atoms with E-state index < -0.39 is 0 Å². The molecular weight excluding hydrogens is 268 g/mol. The van der Waals surface area contributed by atoms with Gasteiger partial charge in [-0.3, -0.25) is 4.79 Å². The second-order valence-corrected chi connectivity index (χ2v) is 9.27. The second kappa shape index (κ2) is 4.95. The minimum Gasteiger partial charge on any atom is -0.295 e. The Labute approximate surface area is 135 Å². The summed E-state index contributed by atoms with van der Waals surface area (Å²) in [5.41, 5.74) is 1.98. The first kappa shape index (κ1) is 15.0. The number of rotatable bonds is 1. The Morgan fingerprint density at radius 2 is 1.86 bits per heavy atom. The number of carbonyl (C=O) groups is 1. The van der Waals surface area contributed by atoms with Crippen molar-refractivity contribution in [3.63, 3.8) is 0 Å². The Kier molecular flexibility index (Phi) is 3.37. The van der Waals surface area contributed by atoms with Crippen LogP contribution >= 0.6 is 0 Å². The quantitative estimate of drug-likeness (QED) is 0.621. The molecule has 3 fully saturated rings. The summed E-state index contributed by atoms with van der Waals surface area (Å²) in [6.07, 6.45) is 14.9. The number of allylic oxidation sites excluding steroid dienone is 2. The van der Waals surface area contributed by atoms with Crippen LogP contribution in [0, 0.1) is 34.5 Å². The van der Waals surface area contributed by atoms with Gasteiger partial charge in [0.05, 0.1) is 0 Å². The molecule has 0 N–H and O–H groups in total. The van der Waals surface area contributed by atoms with E-state index in [-0.39, 0.29) is 5.41 Å². The highest BCUT2D eigenvalue weighted by molar-refractivity contribution is 5.95. The van der Waals surface area contributed by atoms with E-state index in [0.717, 1.165) is 23.7 Å². The maximum absolute atomic E-state index is 12.1. The molecule has 0 aromatic rings. The molecule has 4 aliphatic carbocycles. The van der Waals surface area contributed by atoms with E-state index in [2.05, 4.69) is 19.9 Å². The van der Waals surface area contributed by atoms with Crippen LogP contribution in [0.5, 0.6) is 0 Å². The SMILES string of the molecule is CC(=O)C1=CC[C@@H]2[C@@H]3CCC4CCCC[C@]4(C)[C@H]3CC[C@]12C. The van der Waals surface area contributed by atoms with Gasteiger partial charge in [-0.05, 0) is 91.9 Å². The molecule has 1 heteroatoms. The van der Waals surface area contributed by atoms with Crippen LogP contribution in [0.3, 0.4) is 0 Å². The highest BCUT2D eigenvalue weighted by atomic mass is 16.1. The summed E-state index contributed by atoms with van der Waals surface area (Å²) in [6, 6.07) is 0. The van der Waals surface area contributed by atoms with Crippen molar-refractivity contribution >= 4 is 5.78 Å². The third-order valence-electron chi connectivity index (χ3n) is 8.54. The molecule has 4 aliphatic rings. The molecule has 3 saturated carbocycles. The fraction of sp³-hybridized carbons (Fsp3) is 0.857. The number of hydrogen-bond donors (Lipinski definition) is 0. The highest BCUT2D eigenvalue weighted by Crippen LogP contribution is 2.66. The van der Waals surface area contributed by atoms with Crippen LogP contribution in [-0.2, 0) is 4.79 Å². The molecule has 0 aliphatic heterocycles. The third kappa shape index (κ3) is 1.86. The smallest absolute Gasteiger partial charge is 0.156 e. The van der Waals surface area contributed by atoms with Gasteiger partial charge in [-0.25, -0.2) is 0 Å². The molecule has 0 spiro atoms. The maximum atomic E-state index is 12.1. The molecule has 6 atom stereocenters. The first-order valence-electron chi connectivity index (χ1n) is 9.68. The number of carbonyl (C=O) groups excluding carboxylic acids is 1. The Morgan fingerprint density at radius 1 is 1.05 bits per heavy atom. The van der Waals surface area contributed by atoms with Crippen LogP contribution in [0.25, 0.3) is 0 Å². The average molecular weight is 300 g/mol. The van der Waals surface area contributed by atoms with Crippen molar-refractivity contribution in [1.29, 1.82) is 0 Å². The van der Waals surface area contributed by atoms with Crippen LogP contribution in [0.2, 0.25) is 0 Å². The van der Waals surface area contributed by atoms with Crippen molar-refractivity contribution in [1.82, 2.24) is 0 Å². The van der Waals surface area contributed by atoms with Gasteiger partial charge in [0.15, 0.2) is 5.78 Å². The normalized spacial score (nSPS) is 50.6. The molecule has 1 nitrogen and oxygen atoms in total. The van der Waals surface area contributed by atoms with Gasteiger partial charge in [-0.1, -0.05) is 32.8 Å². The zero-order valence-electron chi connectivity index (χ0n) is 14.7. The van der Waals surface area contributed by atoms with Crippen LogP contribution in [-0.4, -0.2) is 5.78 Å². The van der Waals surface area contributed by atoms with Gasteiger partial charge in [-0.2, -0.15) is 0 Å². The monoisotopic (exact) mass is 300 g/mol. The van der Waals surface area contributed by atoms with Gasteiger partial charge in [0, 0.05) is 0 Å². The van der Waals surface area contributed by atoms with Crippen molar-refractivity contribution in [2.45, 2.75) is 78.6 Å². The largest absolute Gasteiger partial charge is 0.295 e. The summed E-state index contributed by atoms with van der Waals surface area (Å²) in [4.78, 5) is 12.1. The Balaban J connectivity index is 1.64. The van der Waals surface area contributed by atoms with Crippen LogP contribution in [0.4, 0.5) is 0 Å². The van der Waals surface area contributed by atoms with Crippen LogP contribution in [0.15, 0.2) is 11.6 Å². The first-order chi connectivity index (χ1) is 10.5. The Morgan fingerprint density at radius 3 is 2.64 bits per heavy atom. The molecule has 22 heavy (non-hydrogen) atoms. The highest BCUT2D eigenvalue weighted by Gasteiger charge is 2.58. The first-order valence-corrected chi connectivity index (χ1v) is 9.68. The lowest BCUT2D eigenvalue weighted by molar-refractivity contribution is -0.118. The zero-order chi connectivity index (χ0) is 15.5. The molecule has 1 unspecified atom stereocenters. The molecule has 0 saturated heterocycles. The minimum absolute atomic E-state index is 0.199. The average Bonchev–Trinajstić information content (AvgIpc) is 2.84. The fourth-order valence-corrected chi connectivity index (χ4v) is 7.41. The topological polar surface area (TPSA) is 17.1 Å². The van der Waals surface area contributed by atoms with Crippen molar-refractivity contribution in [2.75, 3.05) is 0 Å². The van der Waals surface area contributed by atoms with Crippen LogP contribution in [0.1, 0.15) is 78.6 Å². The van der Waals surface area contributed by atoms with E-state index in [0.29, 0.717) is 11.2 Å². The summed E-state index contributed by atoms with van der Waals surface area (Å²) >= 11 is 0. The lowest BCUT2D eigenvalue weighted by Crippen LogP contribution is -2.52. The van der Waals surface area contributed by atoms with Gasteiger partial charge < -0.3 is 0 Å². The van der Waals surface area contributed by atoms with Gasteiger partial charge in [0.2, 0.25) is 0 Å². The molecule has 0 heterocycles. The van der Waals surface area contributed by atoms with Gasteiger partial charge in [0.25, 0.3) is 0 Å². The molecular formula is C21H32O. The van der Waals surface area contributed by atoms with E-state index in [1.54, 1.807) is 6.92 Å². The predicted molar refractivity (Wildman–Crippen MR) is 90.5 cm³/mol. The van der Waals surface area contributed by atoms with E-state index >= 15 is 0 Å². The number of Topliss-reactive ketones (excluding diaryl/α,β-unsaturated/α-hetero) is 1. The summed E-state index contributed by atoms with van der Waals surface area (Å²) in [6.45, 7) is 6.82. The number of ketones is 1. The summed E-state index contributed by atoms with van der Waals surface area (Å²) < 4.78 is 0. The standard InChI is InChI=1S/C21H32O/c1-14(22)17-9-10-18-16-8-7-15-6-4-5-12-20(15,2)19(16)11-13-21(17,18)3/h9,15-16,18-19H,4-8,10-13H2,1-3H3/t15?,16-,18+,19-,20-,21+/m0/s1. The van der Waals surface area contributed by atoms with E-state index in [1.807, 2.05) is 0 Å². The van der Waals surface area contributed by atoms with Crippen molar-refractivity contribution < 1.29 is 4.79 Å².